The van der Waals surface area contributed by atoms with Crippen molar-refractivity contribution in [2.75, 3.05) is 13.1 Å². The van der Waals surface area contributed by atoms with E-state index < -0.39 is 12.0 Å². The fourth-order valence-electron chi connectivity index (χ4n) is 2.99. The molecule has 3 rings (SSSR count). The van der Waals surface area contributed by atoms with Gasteiger partial charge in [-0.3, -0.25) is 4.90 Å². The van der Waals surface area contributed by atoms with Gasteiger partial charge in [-0.05, 0) is 19.8 Å². The zero-order valence-corrected chi connectivity index (χ0v) is 11.3. The molecule has 0 bridgehead atoms. The number of rotatable bonds is 1. The first-order chi connectivity index (χ1) is 9.45. The second kappa shape index (κ2) is 5.00. The maximum absolute atomic E-state index is 12.8. The van der Waals surface area contributed by atoms with Gasteiger partial charge in [-0.2, -0.15) is 13.2 Å². The van der Waals surface area contributed by atoms with Crippen LogP contribution in [0, 0.1) is 0 Å². The summed E-state index contributed by atoms with van der Waals surface area (Å²) in [7, 11) is 0. The van der Waals surface area contributed by atoms with Gasteiger partial charge >= 0.3 is 6.18 Å². The molecule has 112 valence electrons. The topological polar surface area (TPSA) is 46.0 Å². The van der Waals surface area contributed by atoms with E-state index in [1.807, 2.05) is 0 Å². The van der Waals surface area contributed by atoms with E-state index in [4.69, 9.17) is 0 Å². The number of fused-ring (bicyclic) bond motifs is 1. The fourth-order valence-corrected chi connectivity index (χ4v) is 2.99. The molecule has 2 aliphatic rings. The van der Waals surface area contributed by atoms with Gasteiger partial charge in [0.2, 0.25) is 5.82 Å². The summed E-state index contributed by atoms with van der Waals surface area (Å²) in [6.07, 6.45) is -2.24. The van der Waals surface area contributed by atoms with E-state index in [1.165, 1.54) is 4.57 Å². The third-order valence-corrected chi connectivity index (χ3v) is 4.19. The largest absolute Gasteiger partial charge is 0.451 e. The first-order valence-corrected chi connectivity index (χ1v) is 6.92. The van der Waals surface area contributed by atoms with Crippen molar-refractivity contribution in [3.63, 3.8) is 0 Å². The summed E-state index contributed by atoms with van der Waals surface area (Å²) < 4.78 is 39.5. The van der Waals surface area contributed by atoms with E-state index in [9.17, 15) is 13.2 Å². The van der Waals surface area contributed by atoms with Crippen molar-refractivity contribution >= 4 is 0 Å². The molecule has 1 aromatic rings. The van der Waals surface area contributed by atoms with Crippen LogP contribution in [0.4, 0.5) is 13.2 Å². The Morgan fingerprint density at radius 2 is 2.00 bits per heavy atom. The monoisotopic (exact) mass is 289 g/mol. The molecule has 0 spiro atoms. The molecular formula is C12H18F3N5. The van der Waals surface area contributed by atoms with Crippen LogP contribution in [0.3, 0.4) is 0 Å². The second-order valence-electron chi connectivity index (χ2n) is 5.60. The molecule has 5 nitrogen and oxygen atoms in total. The van der Waals surface area contributed by atoms with Gasteiger partial charge < -0.3 is 9.88 Å². The van der Waals surface area contributed by atoms with Crippen molar-refractivity contribution in [1.29, 1.82) is 0 Å². The third kappa shape index (κ3) is 2.54. The van der Waals surface area contributed by atoms with E-state index in [2.05, 4.69) is 27.3 Å². The van der Waals surface area contributed by atoms with Gasteiger partial charge in [-0.25, -0.2) is 0 Å². The van der Waals surface area contributed by atoms with Crippen molar-refractivity contribution < 1.29 is 13.2 Å². The van der Waals surface area contributed by atoms with Crippen molar-refractivity contribution in [1.82, 2.24) is 25.0 Å². The van der Waals surface area contributed by atoms with Crippen LogP contribution in [0.2, 0.25) is 0 Å². The molecule has 0 radical (unpaired) electrons. The van der Waals surface area contributed by atoms with E-state index >= 15 is 0 Å². The highest BCUT2D eigenvalue weighted by Crippen LogP contribution is 2.30. The molecule has 0 aromatic carbocycles. The summed E-state index contributed by atoms with van der Waals surface area (Å²) in [6, 6.07) is 0.905. The molecule has 0 aliphatic carbocycles. The summed E-state index contributed by atoms with van der Waals surface area (Å²) >= 11 is 0. The Labute approximate surface area is 115 Å². The maximum Gasteiger partial charge on any atom is 0.451 e. The van der Waals surface area contributed by atoms with Crippen molar-refractivity contribution in [2.24, 2.45) is 0 Å². The SMILES string of the molecule is CC1CCC(N2CCn3c(nnc3C(F)(F)F)C2)CN1. The quantitative estimate of drug-likeness (QED) is 0.845. The van der Waals surface area contributed by atoms with Gasteiger partial charge in [-0.1, -0.05) is 0 Å². The summed E-state index contributed by atoms with van der Waals surface area (Å²) in [5.74, 6) is -0.454. The summed E-state index contributed by atoms with van der Waals surface area (Å²) in [6.45, 7) is 4.42. The van der Waals surface area contributed by atoms with Gasteiger partial charge in [-0.15, -0.1) is 10.2 Å². The van der Waals surface area contributed by atoms with Gasteiger partial charge in [0.15, 0.2) is 0 Å². The van der Waals surface area contributed by atoms with E-state index in [0.29, 0.717) is 37.5 Å². The van der Waals surface area contributed by atoms with E-state index in [-0.39, 0.29) is 0 Å². The average Bonchev–Trinajstić information content (AvgIpc) is 2.82. The third-order valence-electron chi connectivity index (χ3n) is 4.19. The van der Waals surface area contributed by atoms with Crippen LogP contribution < -0.4 is 5.32 Å². The Bertz CT molecular complexity index is 476. The van der Waals surface area contributed by atoms with Crippen LogP contribution in [0.1, 0.15) is 31.4 Å². The summed E-state index contributed by atoms with van der Waals surface area (Å²) in [4.78, 5) is 2.21. The standard InChI is InChI=1S/C12H18F3N5/c1-8-2-3-9(6-16-8)19-4-5-20-10(7-19)17-18-11(20)12(13,14)15/h8-9,16H,2-7H2,1H3. The maximum atomic E-state index is 12.8. The number of aromatic nitrogens is 3. The zero-order valence-electron chi connectivity index (χ0n) is 11.3. The molecule has 2 atom stereocenters. The van der Waals surface area contributed by atoms with Crippen molar-refractivity contribution in [3.05, 3.63) is 11.6 Å². The number of hydrogen-bond donors (Lipinski definition) is 1. The normalized spacial score (nSPS) is 28.4. The number of halogens is 3. The van der Waals surface area contributed by atoms with Gasteiger partial charge in [0.05, 0.1) is 6.54 Å². The molecule has 8 heteroatoms. The smallest absolute Gasteiger partial charge is 0.313 e. The molecule has 2 unspecified atom stereocenters. The second-order valence-corrected chi connectivity index (χ2v) is 5.60. The number of nitrogens with zero attached hydrogens (tertiary/aromatic N) is 4. The Kier molecular flexibility index (Phi) is 3.45. The minimum atomic E-state index is -4.42. The molecule has 3 heterocycles. The molecule has 2 aliphatic heterocycles. The minimum Gasteiger partial charge on any atom is -0.313 e. The fraction of sp³-hybridized carbons (Fsp3) is 0.833. The van der Waals surface area contributed by atoms with Crippen LogP contribution in [0.15, 0.2) is 0 Å². The first-order valence-electron chi connectivity index (χ1n) is 6.92. The van der Waals surface area contributed by atoms with E-state index in [1.54, 1.807) is 0 Å². The summed E-state index contributed by atoms with van der Waals surface area (Å²) in [5, 5.41) is 10.4. The number of hydrogen-bond acceptors (Lipinski definition) is 4. The Hall–Kier alpha value is -1.15. The van der Waals surface area contributed by atoms with Crippen LogP contribution >= 0.6 is 0 Å². The molecule has 1 saturated heterocycles. The Morgan fingerprint density at radius 1 is 1.20 bits per heavy atom. The Morgan fingerprint density at radius 3 is 2.65 bits per heavy atom. The highest BCUT2D eigenvalue weighted by atomic mass is 19.4. The highest BCUT2D eigenvalue weighted by molar-refractivity contribution is 5.03. The zero-order chi connectivity index (χ0) is 14.3. The molecule has 0 saturated carbocycles. The van der Waals surface area contributed by atoms with E-state index in [0.717, 1.165) is 19.4 Å². The number of alkyl halides is 3. The van der Waals surface area contributed by atoms with Crippen molar-refractivity contribution in [3.8, 4) is 0 Å². The molecule has 1 N–H and O–H groups in total. The average molecular weight is 289 g/mol. The van der Waals surface area contributed by atoms with Gasteiger partial charge in [0.25, 0.3) is 0 Å². The lowest BCUT2D eigenvalue weighted by Crippen LogP contribution is -2.51. The predicted molar refractivity (Wildman–Crippen MR) is 65.9 cm³/mol. The summed E-state index contributed by atoms with van der Waals surface area (Å²) in [5.41, 5.74) is 0. The predicted octanol–water partition coefficient (Wildman–Crippen LogP) is 1.25. The lowest BCUT2D eigenvalue weighted by molar-refractivity contribution is -0.148. The number of piperidine rings is 1. The van der Waals surface area contributed by atoms with Gasteiger partial charge in [0.1, 0.15) is 5.82 Å². The Balaban J connectivity index is 1.72. The first kappa shape index (κ1) is 13.8. The van der Waals surface area contributed by atoms with Crippen molar-refractivity contribution in [2.45, 2.75) is 51.1 Å². The molecule has 1 aromatic heterocycles. The minimum absolute atomic E-state index is 0.309. The number of nitrogens with one attached hydrogen (secondary N) is 1. The van der Waals surface area contributed by atoms with Crippen LogP contribution in [-0.2, 0) is 19.3 Å². The lowest BCUT2D eigenvalue weighted by Gasteiger charge is -2.38. The highest BCUT2D eigenvalue weighted by Gasteiger charge is 2.40. The van der Waals surface area contributed by atoms with Crippen LogP contribution in [0.5, 0.6) is 0 Å². The molecule has 20 heavy (non-hydrogen) atoms. The van der Waals surface area contributed by atoms with Crippen LogP contribution in [0.25, 0.3) is 0 Å². The molecular weight excluding hydrogens is 271 g/mol. The molecule has 0 amide bonds. The van der Waals surface area contributed by atoms with Crippen LogP contribution in [-0.4, -0.2) is 44.8 Å². The molecule has 1 fully saturated rings. The van der Waals surface area contributed by atoms with Gasteiger partial charge in [0, 0.05) is 31.7 Å². The lowest BCUT2D eigenvalue weighted by atomic mass is 10.00.